The molecule has 0 spiro atoms. The van der Waals surface area contributed by atoms with Gasteiger partial charge in [-0.3, -0.25) is 0 Å². The van der Waals surface area contributed by atoms with Gasteiger partial charge < -0.3 is 15.2 Å². The van der Waals surface area contributed by atoms with Crippen LogP contribution >= 0.6 is 0 Å². The predicted octanol–water partition coefficient (Wildman–Crippen LogP) is 0.643. The summed E-state index contributed by atoms with van der Waals surface area (Å²) >= 11 is 0. The van der Waals surface area contributed by atoms with E-state index >= 15 is 0 Å². The third-order valence-corrected chi connectivity index (χ3v) is 2.34. The van der Waals surface area contributed by atoms with Gasteiger partial charge in [-0.25, -0.2) is 4.79 Å². The highest BCUT2D eigenvalue weighted by Gasteiger charge is 2.32. The molecule has 0 aliphatic carbocycles. The van der Waals surface area contributed by atoms with E-state index in [1.165, 1.54) is 0 Å². The summed E-state index contributed by atoms with van der Waals surface area (Å²) in [6.07, 6.45) is 1.69. The summed E-state index contributed by atoms with van der Waals surface area (Å²) in [5.41, 5.74) is 0.623. The molecule has 2 N–H and O–H groups in total. The Hall–Kier alpha value is -0.870. The Kier molecular flexibility index (Phi) is 3.66. The molecule has 1 aliphatic rings. The Balaban J connectivity index is 2.15. The summed E-state index contributed by atoms with van der Waals surface area (Å²) in [5.74, 6) is -0.856. The number of carboxylic acids is 1. The SMILES string of the molecule is CC(=CCNCC1(C)COC1)C(=O)O. The fourth-order valence-electron chi connectivity index (χ4n) is 1.24. The lowest BCUT2D eigenvalue weighted by molar-refractivity contribution is -0.132. The van der Waals surface area contributed by atoms with Crippen molar-refractivity contribution in [3.8, 4) is 0 Å². The monoisotopic (exact) mass is 199 g/mol. The zero-order valence-electron chi connectivity index (χ0n) is 8.67. The molecule has 80 valence electrons. The van der Waals surface area contributed by atoms with Crippen molar-refractivity contribution in [3.63, 3.8) is 0 Å². The Labute approximate surface area is 83.9 Å². The average molecular weight is 199 g/mol. The molecule has 0 aromatic rings. The molecule has 0 atom stereocenters. The van der Waals surface area contributed by atoms with Gasteiger partial charge >= 0.3 is 5.97 Å². The fourth-order valence-corrected chi connectivity index (χ4v) is 1.24. The quantitative estimate of drug-likeness (QED) is 0.504. The van der Waals surface area contributed by atoms with Crippen LogP contribution < -0.4 is 5.32 Å². The number of carbonyl (C=O) groups is 1. The first-order chi connectivity index (χ1) is 6.53. The zero-order valence-corrected chi connectivity index (χ0v) is 8.67. The van der Waals surface area contributed by atoms with E-state index in [0.717, 1.165) is 19.8 Å². The van der Waals surface area contributed by atoms with Crippen LogP contribution in [-0.2, 0) is 9.53 Å². The Morgan fingerprint density at radius 3 is 2.71 bits per heavy atom. The van der Waals surface area contributed by atoms with Crippen molar-refractivity contribution in [1.82, 2.24) is 5.32 Å². The maximum atomic E-state index is 10.4. The highest BCUT2D eigenvalue weighted by atomic mass is 16.5. The van der Waals surface area contributed by atoms with Crippen LogP contribution in [0, 0.1) is 5.41 Å². The topological polar surface area (TPSA) is 58.6 Å². The van der Waals surface area contributed by atoms with Crippen molar-refractivity contribution in [1.29, 1.82) is 0 Å². The first-order valence-corrected chi connectivity index (χ1v) is 4.72. The Bertz CT molecular complexity index is 244. The molecular formula is C10H17NO3. The third kappa shape index (κ3) is 3.12. The molecule has 1 heterocycles. The first kappa shape index (κ1) is 11.2. The minimum atomic E-state index is -0.856. The summed E-state index contributed by atoms with van der Waals surface area (Å²) in [5, 5.41) is 11.8. The summed E-state index contributed by atoms with van der Waals surface area (Å²) in [6, 6.07) is 0. The molecule has 1 aliphatic heterocycles. The van der Waals surface area contributed by atoms with E-state index in [1.54, 1.807) is 13.0 Å². The van der Waals surface area contributed by atoms with Gasteiger partial charge in [0, 0.05) is 24.1 Å². The van der Waals surface area contributed by atoms with Crippen LogP contribution in [0.3, 0.4) is 0 Å². The van der Waals surface area contributed by atoms with Gasteiger partial charge in [0.1, 0.15) is 0 Å². The summed E-state index contributed by atoms with van der Waals surface area (Å²) < 4.78 is 5.10. The molecular weight excluding hydrogens is 182 g/mol. The summed E-state index contributed by atoms with van der Waals surface area (Å²) in [4.78, 5) is 10.4. The van der Waals surface area contributed by atoms with Crippen LogP contribution in [0.25, 0.3) is 0 Å². The molecule has 0 unspecified atom stereocenters. The maximum absolute atomic E-state index is 10.4. The van der Waals surface area contributed by atoms with Gasteiger partial charge in [-0.2, -0.15) is 0 Å². The highest BCUT2D eigenvalue weighted by Crippen LogP contribution is 2.24. The average Bonchev–Trinajstić information content (AvgIpc) is 2.09. The van der Waals surface area contributed by atoms with Crippen molar-refractivity contribution in [2.75, 3.05) is 26.3 Å². The highest BCUT2D eigenvalue weighted by molar-refractivity contribution is 5.85. The van der Waals surface area contributed by atoms with E-state index in [1.807, 2.05) is 0 Å². The summed E-state index contributed by atoms with van der Waals surface area (Å²) in [7, 11) is 0. The van der Waals surface area contributed by atoms with Gasteiger partial charge in [-0.1, -0.05) is 13.0 Å². The molecule has 14 heavy (non-hydrogen) atoms. The third-order valence-electron chi connectivity index (χ3n) is 2.34. The molecule has 0 bridgehead atoms. The second-order valence-electron chi connectivity index (χ2n) is 4.13. The number of hydrogen-bond acceptors (Lipinski definition) is 3. The van der Waals surface area contributed by atoms with Gasteiger partial charge in [-0.15, -0.1) is 0 Å². The van der Waals surface area contributed by atoms with Crippen molar-refractivity contribution in [2.45, 2.75) is 13.8 Å². The van der Waals surface area contributed by atoms with E-state index in [0.29, 0.717) is 12.1 Å². The van der Waals surface area contributed by atoms with Crippen LogP contribution in [-0.4, -0.2) is 37.4 Å². The number of ether oxygens (including phenoxy) is 1. The molecule has 0 aromatic heterocycles. The van der Waals surface area contributed by atoms with Crippen molar-refractivity contribution in [2.24, 2.45) is 5.41 Å². The lowest BCUT2D eigenvalue weighted by Crippen LogP contribution is -2.47. The zero-order chi connectivity index (χ0) is 10.6. The normalized spacial score (nSPS) is 20.3. The van der Waals surface area contributed by atoms with Gasteiger partial charge in [-0.05, 0) is 6.92 Å². The van der Waals surface area contributed by atoms with E-state index < -0.39 is 5.97 Å². The number of aliphatic carboxylic acids is 1. The Morgan fingerprint density at radius 1 is 1.64 bits per heavy atom. The maximum Gasteiger partial charge on any atom is 0.330 e. The molecule has 0 saturated carbocycles. The van der Waals surface area contributed by atoms with Gasteiger partial charge in [0.25, 0.3) is 0 Å². The van der Waals surface area contributed by atoms with Crippen LogP contribution in [0.15, 0.2) is 11.6 Å². The molecule has 4 nitrogen and oxygen atoms in total. The van der Waals surface area contributed by atoms with Crippen LogP contribution in [0.4, 0.5) is 0 Å². The molecule has 1 fully saturated rings. The van der Waals surface area contributed by atoms with Crippen LogP contribution in [0.1, 0.15) is 13.8 Å². The fraction of sp³-hybridized carbons (Fsp3) is 0.700. The number of hydrogen-bond donors (Lipinski definition) is 2. The lowest BCUT2D eigenvalue weighted by Gasteiger charge is -2.38. The number of rotatable bonds is 5. The molecule has 0 amide bonds. The summed E-state index contributed by atoms with van der Waals surface area (Å²) in [6.45, 7) is 6.81. The first-order valence-electron chi connectivity index (χ1n) is 4.72. The van der Waals surface area contributed by atoms with E-state index in [-0.39, 0.29) is 5.41 Å². The second-order valence-corrected chi connectivity index (χ2v) is 4.13. The van der Waals surface area contributed by atoms with E-state index in [4.69, 9.17) is 9.84 Å². The smallest absolute Gasteiger partial charge is 0.330 e. The van der Waals surface area contributed by atoms with Gasteiger partial charge in [0.05, 0.1) is 13.2 Å². The van der Waals surface area contributed by atoms with Crippen LogP contribution in [0.5, 0.6) is 0 Å². The molecule has 4 heteroatoms. The largest absolute Gasteiger partial charge is 0.478 e. The van der Waals surface area contributed by atoms with Gasteiger partial charge in [0.2, 0.25) is 0 Å². The van der Waals surface area contributed by atoms with Crippen LogP contribution in [0.2, 0.25) is 0 Å². The minimum absolute atomic E-state index is 0.241. The molecule has 1 saturated heterocycles. The molecule has 0 aromatic carbocycles. The number of carboxylic acid groups (broad SMARTS) is 1. The van der Waals surface area contributed by atoms with Crippen molar-refractivity contribution in [3.05, 3.63) is 11.6 Å². The Morgan fingerprint density at radius 2 is 2.29 bits per heavy atom. The van der Waals surface area contributed by atoms with Gasteiger partial charge in [0.15, 0.2) is 0 Å². The lowest BCUT2D eigenvalue weighted by atomic mass is 9.89. The predicted molar refractivity (Wildman–Crippen MR) is 53.2 cm³/mol. The number of nitrogens with one attached hydrogen (secondary N) is 1. The van der Waals surface area contributed by atoms with E-state index in [2.05, 4.69) is 12.2 Å². The van der Waals surface area contributed by atoms with Crippen molar-refractivity contribution >= 4 is 5.97 Å². The molecule has 1 rings (SSSR count). The van der Waals surface area contributed by atoms with E-state index in [9.17, 15) is 4.79 Å². The van der Waals surface area contributed by atoms with Crippen molar-refractivity contribution < 1.29 is 14.6 Å². The molecule has 0 radical (unpaired) electrons. The minimum Gasteiger partial charge on any atom is -0.478 e. The second kappa shape index (κ2) is 4.57. The standard InChI is InChI=1S/C10H17NO3/c1-8(9(12)13)3-4-11-5-10(2)6-14-7-10/h3,11H,4-7H2,1-2H3,(H,12,13).